The molecule has 0 radical (unpaired) electrons. The van der Waals surface area contributed by atoms with E-state index < -0.39 is 11.4 Å². The van der Waals surface area contributed by atoms with Gasteiger partial charge in [0.25, 0.3) is 0 Å². The third-order valence-electron chi connectivity index (χ3n) is 2.69. The normalized spacial score (nSPS) is 40.7. The second-order valence-electron chi connectivity index (χ2n) is 3.30. The Kier molecular flexibility index (Phi) is 1.06. The van der Waals surface area contributed by atoms with Crippen molar-refractivity contribution in [2.24, 2.45) is 5.41 Å². The first kappa shape index (κ1) is 6.64. The van der Waals surface area contributed by atoms with E-state index in [1.807, 2.05) is 0 Å². The molecular formula is C7H9NO3. The van der Waals surface area contributed by atoms with Crippen LogP contribution in [0.15, 0.2) is 0 Å². The molecule has 4 nitrogen and oxygen atoms in total. The van der Waals surface area contributed by atoms with Crippen LogP contribution in [0, 0.1) is 5.41 Å². The van der Waals surface area contributed by atoms with Crippen LogP contribution in [0.4, 0.5) is 0 Å². The molecule has 1 aliphatic heterocycles. The number of hydrogen-bond donors (Lipinski definition) is 2. The average molecular weight is 155 g/mol. The van der Waals surface area contributed by atoms with Crippen LogP contribution < -0.4 is 5.32 Å². The highest BCUT2D eigenvalue weighted by Gasteiger charge is 2.57. The van der Waals surface area contributed by atoms with Crippen molar-refractivity contribution in [3.8, 4) is 0 Å². The molecule has 1 aliphatic carbocycles. The summed E-state index contributed by atoms with van der Waals surface area (Å²) in [5.74, 6) is -1.25. The van der Waals surface area contributed by atoms with E-state index in [4.69, 9.17) is 5.11 Å². The molecule has 2 aliphatic rings. The van der Waals surface area contributed by atoms with Crippen molar-refractivity contribution in [1.29, 1.82) is 0 Å². The number of piperidine rings is 1. The molecule has 1 saturated carbocycles. The van der Waals surface area contributed by atoms with E-state index in [0.717, 1.165) is 6.42 Å². The molecule has 1 amide bonds. The molecule has 2 fully saturated rings. The zero-order valence-corrected chi connectivity index (χ0v) is 5.96. The smallest absolute Gasteiger partial charge is 0.319 e. The van der Waals surface area contributed by atoms with Gasteiger partial charge < -0.3 is 10.4 Å². The minimum atomic E-state index is -1.06. The lowest BCUT2D eigenvalue weighted by atomic mass is 9.87. The summed E-state index contributed by atoms with van der Waals surface area (Å²) >= 11 is 0. The van der Waals surface area contributed by atoms with E-state index >= 15 is 0 Å². The Morgan fingerprint density at radius 3 is 2.73 bits per heavy atom. The molecule has 2 bridgehead atoms. The third-order valence-corrected chi connectivity index (χ3v) is 2.69. The quantitative estimate of drug-likeness (QED) is 0.513. The number of hydrogen-bond acceptors (Lipinski definition) is 2. The topological polar surface area (TPSA) is 66.4 Å². The lowest BCUT2D eigenvalue weighted by Gasteiger charge is -2.18. The third kappa shape index (κ3) is 0.640. The molecule has 0 aromatic rings. The Hall–Kier alpha value is -1.06. The van der Waals surface area contributed by atoms with Gasteiger partial charge in [-0.1, -0.05) is 0 Å². The van der Waals surface area contributed by atoms with E-state index in [1.165, 1.54) is 0 Å². The molecule has 0 unspecified atom stereocenters. The van der Waals surface area contributed by atoms with E-state index in [2.05, 4.69) is 5.32 Å². The monoisotopic (exact) mass is 155 g/mol. The summed E-state index contributed by atoms with van der Waals surface area (Å²) in [6.07, 6.45) is 1.82. The average Bonchev–Trinajstić information content (AvgIpc) is 2.43. The lowest BCUT2D eigenvalue weighted by molar-refractivity contribution is -0.153. The number of carboxylic acids is 1. The maximum absolute atomic E-state index is 11.1. The number of amides is 1. The van der Waals surface area contributed by atoms with Crippen molar-refractivity contribution in [3.63, 3.8) is 0 Å². The number of rotatable bonds is 1. The fraction of sp³-hybridized carbons (Fsp3) is 0.714. The molecule has 1 heterocycles. The largest absolute Gasteiger partial charge is 0.480 e. The minimum Gasteiger partial charge on any atom is -0.480 e. The molecule has 11 heavy (non-hydrogen) atoms. The summed E-state index contributed by atoms with van der Waals surface area (Å²) in [5.41, 5.74) is -1.06. The highest BCUT2D eigenvalue weighted by molar-refractivity contribution is 6.04. The maximum atomic E-state index is 11.1. The lowest BCUT2D eigenvalue weighted by Crippen LogP contribution is -2.41. The Bertz CT molecular complexity index is 238. The van der Waals surface area contributed by atoms with Gasteiger partial charge >= 0.3 is 5.97 Å². The van der Waals surface area contributed by atoms with E-state index in [0.29, 0.717) is 12.8 Å². The molecule has 2 rings (SSSR count). The first-order chi connectivity index (χ1) is 5.15. The molecule has 60 valence electrons. The van der Waals surface area contributed by atoms with Crippen molar-refractivity contribution in [2.45, 2.75) is 25.3 Å². The van der Waals surface area contributed by atoms with Crippen LogP contribution in [-0.4, -0.2) is 23.0 Å². The molecular weight excluding hydrogens is 146 g/mol. The molecule has 0 aromatic carbocycles. The number of aliphatic carboxylic acids is 1. The number of carbonyl (C=O) groups is 2. The van der Waals surface area contributed by atoms with E-state index in [1.54, 1.807) is 0 Å². The standard InChI is InChI=1S/C7H9NO3/c9-5-7(6(10)11)2-1-4(3-7)8-5/h4H,1-3H2,(H,8,9)(H,10,11)/t4-,7-/m0/s1. The van der Waals surface area contributed by atoms with E-state index in [9.17, 15) is 9.59 Å². The Labute approximate surface area is 63.6 Å². The molecule has 2 atom stereocenters. The maximum Gasteiger partial charge on any atom is 0.319 e. The van der Waals surface area contributed by atoms with Gasteiger partial charge in [-0.3, -0.25) is 9.59 Å². The van der Waals surface area contributed by atoms with Crippen molar-refractivity contribution < 1.29 is 14.7 Å². The predicted molar refractivity (Wildman–Crippen MR) is 35.9 cm³/mol. The van der Waals surface area contributed by atoms with Gasteiger partial charge in [0.2, 0.25) is 5.91 Å². The zero-order valence-electron chi connectivity index (χ0n) is 5.96. The van der Waals surface area contributed by atoms with Gasteiger partial charge in [0, 0.05) is 6.04 Å². The van der Waals surface area contributed by atoms with Gasteiger partial charge in [-0.15, -0.1) is 0 Å². The van der Waals surface area contributed by atoms with Crippen LogP contribution in [0.25, 0.3) is 0 Å². The van der Waals surface area contributed by atoms with Crippen molar-refractivity contribution in [1.82, 2.24) is 5.32 Å². The number of carboxylic acid groups (broad SMARTS) is 1. The summed E-state index contributed by atoms with van der Waals surface area (Å²) < 4.78 is 0. The molecule has 2 N–H and O–H groups in total. The Morgan fingerprint density at radius 1 is 1.73 bits per heavy atom. The molecule has 4 heteroatoms. The second-order valence-corrected chi connectivity index (χ2v) is 3.30. The molecule has 0 spiro atoms. The highest BCUT2D eigenvalue weighted by atomic mass is 16.4. The van der Waals surface area contributed by atoms with Crippen molar-refractivity contribution in [2.75, 3.05) is 0 Å². The van der Waals surface area contributed by atoms with Crippen LogP contribution in [0.2, 0.25) is 0 Å². The number of nitrogens with one attached hydrogen (secondary N) is 1. The summed E-state index contributed by atoms with van der Waals surface area (Å²) in [4.78, 5) is 21.8. The predicted octanol–water partition coefficient (Wildman–Crippen LogP) is -0.260. The minimum absolute atomic E-state index is 0.124. The SMILES string of the molecule is O=C(O)[C@@]12CC[C@@H](C1)NC2=O. The summed E-state index contributed by atoms with van der Waals surface area (Å²) in [6, 6.07) is 0.124. The van der Waals surface area contributed by atoms with Gasteiger partial charge in [0.1, 0.15) is 5.41 Å². The van der Waals surface area contributed by atoms with E-state index in [-0.39, 0.29) is 11.9 Å². The number of fused-ring (bicyclic) bond motifs is 2. The first-order valence-corrected chi connectivity index (χ1v) is 3.69. The molecule has 1 saturated heterocycles. The zero-order chi connectivity index (χ0) is 8.06. The van der Waals surface area contributed by atoms with Crippen molar-refractivity contribution in [3.05, 3.63) is 0 Å². The Morgan fingerprint density at radius 2 is 2.45 bits per heavy atom. The van der Waals surface area contributed by atoms with Crippen LogP contribution in [0.3, 0.4) is 0 Å². The summed E-state index contributed by atoms with van der Waals surface area (Å²) in [7, 11) is 0. The van der Waals surface area contributed by atoms with Gasteiger partial charge in [-0.25, -0.2) is 0 Å². The highest BCUT2D eigenvalue weighted by Crippen LogP contribution is 2.43. The van der Waals surface area contributed by atoms with Gasteiger partial charge in [0.15, 0.2) is 0 Å². The summed E-state index contributed by atoms with van der Waals surface area (Å²) in [5, 5.41) is 11.5. The van der Waals surface area contributed by atoms with Gasteiger partial charge in [0.05, 0.1) is 0 Å². The fourth-order valence-electron chi connectivity index (χ4n) is 1.99. The first-order valence-electron chi connectivity index (χ1n) is 3.69. The Balaban J connectivity index is 2.37. The second kappa shape index (κ2) is 1.75. The van der Waals surface area contributed by atoms with Crippen LogP contribution in [0.5, 0.6) is 0 Å². The molecule has 0 aromatic heterocycles. The summed E-state index contributed by atoms with van der Waals surface area (Å²) in [6.45, 7) is 0. The van der Waals surface area contributed by atoms with Crippen LogP contribution in [-0.2, 0) is 9.59 Å². The van der Waals surface area contributed by atoms with Gasteiger partial charge in [-0.2, -0.15) is 0 Å². The van der Waals surface area contributed by atoms with Gasteiger partial charge in [-0.05, 0) is 19.3 Å². The van der Waals surface area contributed by atoms with Crippen molar-refractivity contribution >= 4 is 11.9 Å². The fourth-order valence-corrected chi connectivity index (χ4v) is 1.99. The van der Waals surface area contributed by atoms with Crippen LogP contribution in [0.1, 0.15) is 19.3 Å². The van der Waals surface area contributed by atoms with Crippen LogP contribution >= 0.6 is 0 Å². The number of carbonyl (C=O) groups excluding carboxylic acids is 1.